The van der Waals surface area contributed by atoms with Crippen LogP contribution in [-0.2, 0) is 0 Å². The number of nitrogens with zero attached hydrogens (tertiary/aromatic N) is 3. The standard InChI is InChI=1S/C14H18N4O2/c1-10(17(2)3)8-16-14-11-6-4-5-7-12(11)15-9-13(14)18(19)20/h4-7,9-10H,8H2,1-3H3,(H,15,16). The van der Waals surface area contributed by atoms with Crippen LogP contribution in [0.2, 0.25) is 0 Å². The molecule has 0 radical (unpaired) electrons. The van der Waals surface area contributed by atoms with Crippen LogP contribution in [0.4, 0.5) is 11.4 Å². The first-order valence-corrected chi connectivity index (χ1v) is 6.43. The zero-order valence-electron chi connectivity index (χ0n) is 11.8. The molecule has 6 nitrogen and oxygen atoms in total. The highest BCUT2D eigenvalue weighted by atomic mass is 16.6. The summed E-state index contributed by atoms with van der Waals surface area (Å²) in [4.78, 5) is 16.9. The largest absolute Gasteiger partial charge is 0.377 e. The average molecular weight is 274 g/mol. The first-order chi connectivity index (χ1) is 9.50. The lowest BCUT2D eigenvalue weighted by Crippen LogP contribution is -2.31. The fourth-order valence-corrected chi connectivity index (χ4v) is 1.89. The highest BCUT2D eigenvalue weighted by molar-refractivity contribution is 5.95. The van der Waals surface area contributed by atoms with Crippen LogP contribution in [0.3, 0.4) is 0 Å². The molecule has 1 atom stereocenters. The third-order valence-corrected chi connectivity index (χ3v) is 3.41. The minimum atomic E-state index is -0.401. The van der Waals surface area contributed by atoms with Gasteiger partial charge in [-0.15, -0.1) is 0 Å². The number of para-hydroxylation sites is 1. The van der Waals surface area contributed by atoms with Crippen molar-refractivity contribution in [3.05, 3.63) is 40.6 Å². The Morgan fingerprint density at radius 2 is 2.10 bits per heavy atom. The molecule has 0 saturated heterocycles. The fraction of sp³-hybridized carbons (Fsp3) is 0.357. The van der Waals surface area contributed by atoms with Gasteiger partial charge in [-0.1, -0.05) is 18.2 Å². The van der Waals surface area contributed by atoms with Crippen LogP contribution in [0.1, 0.15) is 6.92 Å². The number of pyridine rings is 1. The molecule has 0 aliphatic carbocycles. The van der Waals surface area contributed by atoms with Crippen molar-refractivity contribution in [2.24, 2.45) is 0 Å². The molecular formula is C14H18N4O2. The van der Waals surface area contributed by atoms with Crippen molar-refractivity contribution >= 4 is 22.3 Å². The molecule has 0 spiro atoms. The lowest BCUT2D eigenvalue weighted by Gasteiger charge is -2.21. The second-order valence-electron chi connectivity index (χ2n) is 4.99. The molecule has 0 bridgehead atoms. The third kappa shape index (κ3) is 2.85. The van der Waals surface area contributed by atoms with E-state index in [1.54, 1.807) is 0 Å². The predicted octanol–water partition coefficient (Wildman–Crippen LogP) is 2.51. The molecule has 1 aromatic carbocycles. The van der Waals surface area contributed by atoms with Gasteiger partial charge in [-0.3, -0.25) is 10.1 Å². The van der Waals surface area contributed by atoms with Crippen LogP contribution in [0.15, 0.2) is 30.5 Å². The molecule has 106 valence electrons. The van der Waals surface area contributed by atoms with E-state index in [1.807, 2.05) is 38.4 Å². The first-order valence-electron chi connectivity index (χ1n) is 6.43. The number of benzene rings is 1. The smallest absolute Gasteiger partial charge is 0.311 e. The molecule has 0 fully saturated rings. The van der Waals surface area contributed by atoms with Crippen molar-refractivity contribution in [1.82, 2.24) is 9.88 Å². The Morgan fingerprint density at radius 1 is 1.40 bits per heavy atom. The van der Waals surface area contributed by atoms with Crippen molar-refractivity contribution < 1.29 is 4.92 Å². The van der Waals surface area contributed by atoms with Gasteiger partial charge in [-0.25, -0.2) is 4.98 Å². The Kier molecular flexibility index (Phi) is 4.14. The number of anilines is 1. The summed E-state index contributed by atoms with van der Waals surface area (Å²) in [5, 5.41) is 15.1. The van der Waals surface area contributed by atoms with Crippen molar-refractivity contribution in [2.75, 3.05) is 26.0 Å². The number of likely N-dealkylation sites (N-methyl/N-ethyl adjacent to an activating group) is 1. The Labute approximate surface area is 117 Å². The molecule has 6 heteroatoms. The van der Waals surface area contributed by atoms with Crippen LogP contribution in [0.5, 0.6) is 0 Å². The molecule has 20 heavy (non-hydrogen) atoms. The van der Waals surface area contributed by atoms with Crippen LogP contribution in [0.25, 0.3) is 10.9 Å². The summed E-state index contributed by atoms with van der Waals surface area (Å²) >= 11 is 0. The molecule has 0 aliphatic heterocycles. The van der Waals surface area contributed by atoms with Crippen LogP contribution in [-0.4, -0.2) is 41.5 Å². The molecule has 1 N–H and O–H groups in total. The molecule has 0 amide bonds. The van der Waals surface area contributed by atoms with E-state index >= 15 is 0 Å². The fourth-order valence-electron chi connectivity index (χ4n) is 1.89. The van der Waals surface area contributed by atoms with Gasteiger partial charge in [0, 0.05) is 18.0 Å². The topological polar surface area (TPSA) is 71.3 Å². The molecule has 2 aromatic rings. The van der Waals surface area contributed by atoms with E-state index in [9.17, 15) is 10.1 Å². The summed E-state index contributed by atoms with van der Waals surface area (Å²) in [6.45, 7) is 2.68. The van der Waals surface area contributed by atoms with Gasteiger partial charge in [0.05, 0.1) is 10.4 Å². The quantitative estimate of drug-likeness (QED) is 0.670. The summed E-state index contributed by atoms with van der Waals surface area (Å²) in [7, 11) is 3.96. The molecule has 2 rings (SSSR count). The summed E-state index contributed by atoms with van der Waals surface area (Å²) in [6, 6.07) is 7.68. The second-order valence-corrected chi connectivity index (χ2v) is 4.99. The minimum absolute atomic E-state index is 0.00894. The highest BCUT2D eigenvalue weighted by Gasteiger charge is 2.18. The number of nitrogens with one attached hydrogen (secondary N) is 1. The minimum Gasteiger partial charge on any atom is -0.377 e. The lowest BCUT2D eigenvalue weighted by atomic mass is 10.1. The summed E-state index contributed by atoms with van der Waals surface area (Å²) in [6.07, 6.45) is 1.31. The maximum absolute atomic E-state index is 11.2. The van der Waals surface area contributed by atoms with E-state index in [0.29, 0.717) is 12.2 Å². The van der Waals surface area contributed by atoms with Gasteiger partial charge in [0.2, 0.25) is 0 Å². The zero-order chi connectivity index (χ0) is 14.7. The maximum Gasteiger partial charge on any atom is 0.311 e. The Balaban J connectivity index is 2.42. The number of hydrogen-bond donors (Lipinski definition) is 1. The second kappa shape index (κ2) is 5.83. The highest BCUT2D eigenvalue weighted by Crippen LogP contribution is 2.31. The number of fused-ring (bicyclic) bond motifs is 1. The Bertz CT molecular complexity index is 628. The molecule has 1 aromatic heterocycles. The number of aromatic nitrogens is 1. The van der Waals surface area contributed by atoms with Gasteiger partial charge in [-0.2, -0.15) is 0 Å². The van der Waals surface area contributed by atoms with Crippen molar-refractivity contribution in [3.63, 3.8) is 0 Å². The summed E-state index contributed by atoms with van der Waals surface area (Å²) in [5.74, 6) is 0. The number of rotatable bonds is 5. The summed E-state index contributed by atoms with van der Waals surface area (Å²) in [5.41, 5.74) is 1.29. The molecule has 0 aliphatic rings. The van der Waals surface area contributed by atoms with E-state index in [2.05, 4.69) is 22.1 Å². The molecule has 1 unspecified atom stereocenters. The van der Waals surface area contributed by atoms with Crippen molar-refractivity contribution in [3.8, 4) is 0 Å². The third-order valence-electron chi connectivity index (χ3n) is 3.41. The van der Waals surface area contributed by atoms with Crippen LogP contribution >= 0.6 is 0 Å². The SMILES string of the molecule is CC(CNc1c([N+](=O)[O-])cnc2ccccc12)N(C)C. The molecule has 1 heterocycles. The number of nitro groups is 1. The van der Waals surface area contributed by atoms with Crippen LogP contribution < -0.4 is 5.32 Å². The average Bonchev–Trinajstić information content (AvgIpc) is 2.43. The Hall–Kier alpha value is -2.21. The van der Waals surface area contributed by atoms with E-state index in [-0.39, 0.29) is 11.7 Å². The molecular weight excluding hydrogens is 256 g/mol. The van der Waals surface area contributed by atoms with Gasteiger partial charge in [0.15, 0.2) is 0 Å². The van der Waals surface area contributed by atoms with Crippen molar-refractivity contribution in [2.45, 2.75) is 13.0 Å². The first kappa shape index (κ1) is 14.2. The molecule has 0 saturated carbocycles. The predicted molar refractivity (Wildman–Crippen MR) is 80.0 cm³/mol. The maximum atomic E-state index is 11.2. The van der Waals surface area contributed by atoms with E-state index in [1.165, 1.54) is 6.20 Å². The van der Waals surface area contributed by atoms with Gasteiger partial charge < -0.3 is 10.2 Å². The van der Waals surface area contributed by atoms with Gasteiger partial charge >= 0.3 is 5.69 Å². The van der Waals surface area contributed by atoms with Gasteiger partial charge in [0.1, 0.15) is 11.9 Å². The van der Waals surface area contributed by atoms with E-state index in [4.69, 9.17) is 0 Å². The van der Waals surface area contributed by atoms with Crippen molar-refractivity contribution in [1.29, 1.82) is 0 Å². The lowest BCUT2D eigenvalue weighted by molar-refractivity contribution is -0.384. The van der Waals surface area contributed by atoms with E-state index < -0.39 is 4.92 Å². The van der Waals surface area contributed by atoms with E-state index in [0.717, 1.165) is 10.9 Å². The number of hydrogen-bond acceptors (Lipinski definition) is 5. The van der Waals surface area contributed by atoms with Gasteiger partial charge in [-0.05, 0) is 27.1 Å². The Morgan fingerprint density at radius 3 is 2.75 bits per heavy atom. The normalized spacial score (nSPS) is 12.6. The van der Waals surface area contributed by atoms with Gasteiger partial charge in [0.25, 0.3) is 0 Å². The summed E-state index contributed by atoms with van der Waals surface area (Å²) < 4.78 is 0. The zero-order valence-corrected chi connectivity index (χ0v) is 11.8. The van der Waals surface area contributed by atoms with Crippen LogP contribution in [0, 0.1) is 10.1 Å². The monoisotopic (exact) mass is 274 g/mol.